The van der Waals surface area contributed by atoms with Crippen LogP contribution in [0.15, 0.2) is 42.5 Å². The second-order valence-electron chi connectivity index (χ2n) is 7.51. The summed E-state index contributed by atoms with van der Waals surface area (Å²) in [7, 11) is -2.14. The van der Waals surface area contributed by atoms with Gasteiger partial charge in [-0.1, -0.05) is 37.6 Å². The molecule has 0 fully saturated rings. The predicted octanol–water partition coefficient (Wildman–Crippen LogP) is 4.12. The molecule has 0 aliphatic heterocycles. The van der Waals surface area contributed by atoms with Crippen molar-refractivity contribution in [2.75, 3.05) is 17.7 Å². The van der Waals surface area contributed by atoms with E-state index >= 15 is 0 Å². The van der Waals surface area contributed by atoms with Crippen LogP contribution in [0.25, 0.3) is 0 Å². The van der Waals surface area contributed by atoms with E-state index in [9.17, 15) is 13.2 Å². The fraction of sp³-hybridized carbons (Fsp3) is 0.435. The summed E-state index contributed by atoms with van der Waals surface area (Å²) >= 11 is 0. The summed E-state index contributed by atoms with van der Waals surface area (Å²) < 4.78 is 31.6. The van der Waals surface area contributed by atoms with Crippen LogP contribution in [-0.2, 0) is 14.8 Å². The first-order valence-corrected chi connectivity index (χ1v) is 12.0. The number of aryl methyl sites for hydroxylation is 2. The molecule has 1 N–H and O–H groups in total. The van der Waals surface area contributed by atoms with E-state index in [0.717, 1.165) is 22.9 Å². The Morgan fingerprint density at radius 1 is 1.07 bits per heavy atom. The number of hydrogen-bond donors (Lipinski definition) is 1. The van der Waals surface area contributed by atoms with E-state index in [0.29, 0.717) is 24.3 Å². The predicted molar refractivity (Wildman–Crippen MR) is 121 cm³/mol. The largest absolute Gasteiger partial charge is 0.497 e. The van der Waals surface area contributed by atoms with Crippen molar-refractivity contribution in [1.82, 2.24) is 5.32 Å². The van der Waals surface area contributed by atoms with E-state index in [1.54, 1.807) is 31.4 Å². The SMILES string of the molecule is CCC(NC(=O)C(CC)N(c1ccc(OC)cc1)S(C)(=O)=O)c1ccc(C)cc1C. The van der Waals surface area contributed by atoms with Gasteiger partial charge in [0.25, 0.3) is 0 Å². The summed E-state index contributed by atoms with van der Waals surface area (Å²) in [6.45, 7) is 7.86. The molecule has 0 saturated carbocycles. The third-order valence-corrected chi connectivity index (χ3v) is 6.36. The molecule has 0 spiro atoms. The van der Waals surface area contributed by atoms with Gasteiger partial charge in [0.1, 0.15) is 11.8 Å². The highest BCUT2D eigenvalue weighted by Gasteiger charge is 2.32. The molecule has 2 aromatic carbocycles. The molecule has 1 amide bonds. The number of carbonyl (C=O) groups is 1. The number of amides is 1. The van der Waals surface area contributed by atoms with Crippen LogP contribution in [0.2, 0.25) is 0 Å². The van der Waals surface area contributed by atoms with Crippen LogP contribution in [0.4, 0.5) is 5.69 Å². The molecule has 0 saturated heterocycles. The maximum Gasteiger partial charge on any atom is 0.244 e. The van der Waals surface area contributed by atoms with Crippen LogP contribution in [0.1, 0.15) is 49.4 Å². The van der Waals surface area contributed by atoms with Crippen LogP contribution in [-0.4, -0.2) is 33.7 Å². The van der Waals surface area contributed by atoms with Crippen molar-refractivity contribution in [2.45, 2.75) is 52.6 Å². The van der Waals surface area contributed by atoms with Crippen molar-refractivity contribution in [2.24, 2.45) is 0 Å². The molecule has 2 atom stereocenters. The number of benzene rings is 2. The highest BCUT2D eigenvalue weighted by Crippen LogP contribution is 2.27. The molecule has 164 valence electrons. The van der Waals surface area contributed by atoms with Gasteiger partial charge in [-0.15, -0.1) is 0 Å². The fourth-order valence-electron chi connectivity index (χ4n) is 3.67. The second kappa shape index (κ2) is 9.98. The minimum absolute atomic E-state index is 0.190. The minimum atomic E-state index is -3.68. The monoisotopic (exact) mass is 432 g/mol. The summed E-state index contributed by atoms with van der Waals surface area (Å²) in [6, 6.07) is 11.8. The van der Waals surface area contributed by atoms with Crippen LogP contribution in [0.5, 0.6) is 5.75 Å². The summed E-state index contributed by atoms with van der Waals surface area (Å²) in [5.74, 6) is 0.302. The van der Waals surface area contributed by atoms with Gasteiger partial charge in [0.2, 0.25) is 15.9 Å². The number of anilines is 1. The molecule has 7 heteroatoms. The first-order chi connectivity index (χ1) is 14.1. The van der Waals surface area contributed by atoms with Crippen molar-refractivity contribution in [3.05, 3.63) is 59.2 Å². The van der Waals surface area contributed by atoms with Gasteiger partial charge in [0.05, 0.1) is 25.1 Å². The average molecular weight is 433 g/mol. The molecule has 6 nitrogen and oxygen atoms in total. The van der Waals surface area contributed by atoms with Gasteiger partial charge in [-0.05, 0) is 62.1 Å². The van der Waals surface area contributed by atoms with Crippen LogP contribution in [0.3, 0.4) is 0 Å². The van der Waals surface area contributed by atoms with Crippen LogP contribution >= 0.6 is 0 Å². The Morgan fingerprint density at radius 2 is 1.70 bits per heavy atom. The first-order valence-electron chi connectivity index (χ1n) is 10.1. The first kappa shape index (κ1) is 23.7. The lowest BCUT2D eigenvalue weighted by Gasteiger charge is -2.31. The smallest absolute Gasteiger partial charge is 0.244 e. The van der Waals surface area contributed by atoms with Crippen molar-refractivity contribution >= 4 is 21.6 Å². The molecular formula is C23H32N2O4S. The molecule has 0 aliphatic carbocycles. The van der Waals surface area contributed by atoms with Gasteiger partial charge in [0.15, 0.2) is 0 Å². The maximum atomic E-state index is 13.2. The Labute approximate surface area is 180 Å². The number of hydrogen-bond acceptors (Lipinski definition) is 4. The standard InChI is InChI=1S/C23H32N2O4S/c1-7-21(20-14-9-16(3)15-17(20)4)24-23(26)22(8-2)25(30(6,27)28)18-10-12-19(29-5)13-11-18/h9-15,21-22H,7-8H2,1-6H3,(H,24,26). The Kier molecular flexibility index (Phi) is 7.89. The topological polar surface area (TPSA) is 75.7 Å². The lowest BCUT2D eigenvalue weighted by Crippen LogP contribution is -2.50. The molecule has 30 heavy (non-hydrogen) atoms. The van der Waals surface area contributed by atoms with E-state index in [4.69, 9.17) is 4.74 Å². The summed E-state index contributed by atoms with van der Waals surface area (Å²) in [6.07, 6.45) is 2.16. The highest BCUT2D eigenvalue weighted by atomic mass is 32.2. The van der Waals surface area contributed by atoms with Crippen LogP contribution < -0.4 is 14.4 Å². The van der Waals surface area contributed by atoms with Gasteiger partial charge in [-0.25, -0.2) is 8.42 Å². The number of methoxy groups -OCH3 is 1. The third kappa shape index (κ3) is 5.53. The highest BCUT2D eigenvalue weighted by molar-refractivity contribution is 7.92. The van der Waals surface area contributed by atoms with Crippen molar-refractivity contribution in [1.29, 1.82) is 0 Å². The van der Waals surface area contributed by atoms with Gasteiger partial charge in [-0.2, -0.15) is 0 Å². The Bertz CT molecular complexity index is 971. The third-order valence-electron chi connectivity index (χ3n) is 5.18. The lowest BCUT2D eigenvalue weighted by atomic mass is 9.97. The zero-order chi connectivity index (χ0) is 22.5. The summed E-state index contributed by atoms with van der Waals surface area (Å²) in [4.78, 5) is 13.2. The lowest BCUT2D eigenvalue weighted by molar-refractivity contribution is -0.123. The second-order valence-corrected chi connectivity index (χ2v) is 9.37. The van der Waals surface area contributed by atoms with Gasteiger partial charge >= 0.3 is 0 Å². The number of ether oxygens (including phenoxy) is 1. The number of nitrogens with zero attached hydrogens (tertiary/aromatic N) is 1. The number of rotatable bonds is 9. The van der Waals surface area contributed by atoms with Gasteiger partial charge in [0, 0.05) is 0 Å². The maximum absolute atomic E-state index is 13.2. The molecule has 0 bridgehead atoms. The van der Waals surface area contributed by atoms with E-state index in [-0.39, 0.29) is 11.9 Å². The molecular weight excluding hydrogens is 400 g/mol. The molecule has 0 radical (unpaired) electrons. The van der Waals surface area contributed by atoms with Crippen molar-refractivity contribution < 1.29 is 17.9 Å². The van der Waals surface area contributed by atoms with E-state index < -0.39 is 16.1 Å². The molecule has 2 rings (SSSR count). The Hall–Kier alpha value is -2.54. The minimum Gasteiger partial charge on any atom is -0.497 e. The van der Waals surface area contributed by atoms with Crippen LogP contribution in [0, 0.1) is 13.8 Å². The molecule has 2 aromatic rings. The average Bonchev–Trinajstić information content (AvgIpc) is 2.69. The number of carbonyl (C=O) groups excluding carboxylic acids is 1. The number of sulfonamides is 1. The Morgan fingerprint density at radius 3 is 2.17 bits per heavy atom. The quantitative estimate of drug-likeness (QED) is 0.647. The van der Waals surface area contributed by atoms with Crippen molar-refractivity contribution in [3.63, 3.8) is 0 Å². The zero-order valence-electron chi connectivity index (χ0n) is 18.6. The molecule has 0 aliphatic rings. The molecule has 2 unspecified atom stereocenters. The summed E-state index contributed by atoms with van der Waals surface area (Å²) in [5.41, 5.74) is 3.73. The van der Waals surface area contributed by atoms with Crippen molar-refractivity contribution in [3.8, 4) is 5.75 Å². The summed E-state index contributed by atoms with van der Waals surface area (Å²) in [5, 5.41) is 3.07. The fourth-order valence-corrected chi connectivity index (χ4v) is 4.89. The zero-order valence-corrected chi connectivity index (χ0v) is 19.4. The van der Waals surface area contributed by atoms with Gasteiger partial charge < -0.3 is 10.1 Å². The Balaban J connectivity index is 2.36. The van der Waals surface area contributed by atoms with E-state index in [2.05, 4.69) is 11.4 Å². The van der Waals surface area contributed by atoms with E-state index in [1.807, 2.05) is 39.8 Å². The van der Waals surface area contributed by atoms with Gasteiger partial charge in [-0.3, -0.25) is 9.10 Å². The molecule has 0 aromatic heterocycles. The normalized spacial score (nSPS) is 13.4. The van der Waals surface area contributed by atoms with E-state index in [1.165, 1.54) is 4.31 Å². The number of nitrogens with one attached hydrogen (secondary N) is 1. The molecule has 0 heterocycles.